The zero-order chi connectivity index (χ0) is 27.1. The van der Waals surface area contributed by atoms with Gasteiger partial charge in [0, 0.05) is 32.0 Å². The summed E-state index contributed by atoms with van der Waals surface area (Å²) in [4.78, 5) is 6.43. The topological polar surface area (TPSA) is 59.7 Å². The van der Waals surface area contributed by atoms with Gasteiger partial charge in [0.1, 0.15) is 0 Å². The van der Waals surface area contributed by atoms with Crippen LogP contribution in [0, 0.1) is 0 Å². The largest absolute Gasteiger partial charge is 0.416 e. The molecule has 0 saturated carbocycles. The Bertz CT molecular complexity index is 1400. The highest BCUT2D eigenvalue weighted by molar-refractivity contribution is 5.31. The highest BCUT2D eigenvalue weighted by Gasteiger charge is 2.32. The van der Waals surface area contributed by atoms with E-state index in [1.54, 1.807) is 17.1 Å². The van der Waals surface area contributed by atoms with Gasteiger partial charge in [0.25, 0.3) is 0 Å². The van der Waals surface area contributed by atoms with Crippen LogP contribution in [0.25, 0.3) is 0 Å². The SMILES string of the molecule is FC(F)(F)c1ccc(C(c2nnnn2CCc2ccccc2)N(Cc2ccccc2)Cc2cccnc2)cc1. The third-order valence-corrected chi connectivity index (χ3v) is 6.52. The summed E-state index contributed by atoms with van der Waals surface area (Å²) in [7, 11) is 0. The smallest absolute Gasteiger partial charge is 0.281 e. The zero-order valence-corrected chi connectivity index (χ0v) is 21.1. The van der Waals surface area contributed by atoms with Crippen LogP contribution in [0.3, 0.4) is 0 Å². The van der Waals surface area contributed by atoms with Gasteiger partial charge in [-0.1, -0.05) is 78.9 Å². The Balaban J connectivity index is 1.56. The summed E-state index contributed by atoms with van der Waals surface area (Å²) >= 11 is 0. The molecule has 0 N–H and O–H groups in total. The molecule has 1 unspecified atom stereocenters. The second-order valence-electron chi connectivity index (χ2n) is 9.27. The Kier molecular flexibility index (Phi) is 8.07. The van der Waals surface area contributed by atoms with Gasteiger partial charge in [0.15, 0.2) is 5.82 Å². The zero-order valence-electron chi connectivity index (χ0n) is 21.1. The Labute approximate surface area is 224 Å². The molecule has 0 aliphatic carbocycles. The van der Waals surface area contributed by atoms with E-state index < -0.39 is 17.8 Å². The van der Waals surface area contributed by atoms with E-state index in [1.807, 2.05) is 72.8 Å². The number of nitrogens with zero attached hydrogens (tertiary/aromatic N) is 6. The van der Waals surface area contributed by atoms with Crippen LogP contribution in [0.1, 0.15) is 39.7 Å². The standard InChI is InChI=1S/C30H27F3N6/c31-30(32,33)27-15-13-26(14-16-27)28(29-35-36-37-39(29)19-17-23-8-3-1-4-9-23)38(21-24-10-5-2-6-11-24)22-25-12-7-18-34-20-25/h1-16,18,20,28H,17,19,21-22H2. The molecular weight excluding hydrogens is 501 g/mol. The molecule has 0 radical (unpaired) electrons. The van der Waals surface area contributed by atoms with Crippen molar-refractivity contribution in [1.29, 1.82) is 0 Å². The molecule has 3 aromatic carbocycles. The molecule has 39 heavy (non-hydrogen) atoms. The first-order valence-electron chi connectivity index (χ1n) is 12.6. The molecule has 5 rings (SSSR count). The molecule has 0 fully saturated rings. The summed E-state index contributed by atoms with van der Waals surface area (Å²) < 4.78 is 41.9. The lowest BCUT2D eigenvalue weighted by molar-refractivity contribution is -0.137. The van der Waals surface area contributed by atoms with E-state index in [9.17, 15) is 13.2 Å². The fraction of sp³-hybridized carbons (Fsp3) is 0.200. The number of benzene rings is 3. The molecule has 0 aliphatic rings. The lowest BCUT2D eigenvalue weighted by Gasteiger charge is -2.31. The van der Waals surface area contributed by atoms with E-state index in [4.69, 9.17) is 0 Å². The molecule has 9 heteroatoms. The Morgan fingerprint density at radius 1 is 0.744 bits per heavy atom. The number of halogens is 3. The maximum Gasteiger partial charge on any atom is 0.416 e. The van der Waals surface area contributed by atoms with Gasteiger partial charge in [-0.3, -0.25) is 9.88 Å². The first-order valence-corrected chi connectivity index (χ1v) is 12.6. The van der Waals surface area contributed by atoms with Crippen molar-refractivity contribution in [2.45, 2.75) is 38.3 Å². The second-order valence-corrected chi connectivity index (χ2v) is 9.27. The molecule has 0 bridgehead atoms. The summed E-state index contributed by atoms with van der Waals surface area (Å²) in [5, 5.41) is 12.6. The van der Waals surface area contributed by atoms with E-state index in [-0.39, 0.29) is 0 Å². The van der Waals surface area contributed by atoms with Crippen molar-refractivity contribution in [3.05, 3.63) is 143 Å². The molecule has 0 amide bonds. The molecule has 0 spiro atoms. The van der Waals surface area contributed by atoms with Gasteiger partial charge in [-0.2, -0.15) is 13.2 Å². The number of hydrogen-bond donors (Lipinski definition) is 0. The number of rotatable bonds is 10. The lowest BCUT2D eigenvalue weighted by atomic mass is 10.0. The molecule has 198 valence electrons. The van der Waals surface area contributed by atoms with Crippen molar-refractivity contribution < 1.29 is 13.2 Å². The van der Waals surface area contributed by atoms with E-state index in [0.717, 1.165) is 28.8 Å². The number of pyridine rings is 1. The number of hydrogen-bond acceptors (Lipinski definition) is 5. The van der Waals surface area contributed by atoms with Crippen molar-refractivity contribution in [2.75, 3.05) is 0 Å². The third-order valence-electron chi connectivity index (χ3n) is 6.52. The molecule has 0 saturated heterocycles. The molecule has 2 heterocycles. The minimum atomic E-state index is -4.43. The highest BCUT2D eigenvalue weighted by atomic mass is 19.4. The maximum absolute atomic E-state index is 13.4. The average Bonchev–Trinajstić information content (AvgIpc) is 3.41. The summed E-state index contributed by atoms with van der Waals surface area (Å²) in [6, 6.07) is 28.6. The van der Waals surface area contributed by atoms with Gasteiger partial charge in [0.2, 0.25) is 0 Å². The van der Waals surface area contributed by atoms with Crippen LogP contribution in [0.15, 0.2) is 109 Å². The number of alkyl halides is 3. The van der Waals surface area contributed by atoms with Crippen molar-refractivity contribution in [1.82, 2.24) is 30.1 Å². The fourth-order valence-electron chi connectivity index (χ4n) is 4.61. The third kappa shape index (κ3) is 6.74. The summed E-state index contributed by atoms with van der Waals surface area (Å²) in [6.07, 6.45) is -0.215. The van der Waals surface area contributed by atoms with Gasteiger partial charge >= 0.3 is 6.18 Å². The quantitative estimate of drug-likeness (QED) is 0.219. The molecular formula is C30H27F3N6. The maximum atomic E-state index is 13.4. The van der Waals surface area contributed by atoms with Crippen LogP contribution in [-0.4, -0.2) is 30.1 Å². The van der Waals surface area contributed by atoms with E-state index >= 15 is 0 Å². The van der Waals surface area contributed by atoms with Crippen molar-refractivity contribution in [3.8, 4) is 0 Å². The number of tetrazole rings is 1. The first-order chi connectivity index (χ1) is 19.0. The first kappa shape index (κ1) is 26.2. The minimum Gasteiger partial charge on any atom is -0.281 e. The molecule has 6 nitrogen and oxygen atoms in total. The predicted molar refractivity (Wildman–Crippen MR) is 141 cm³/mol. The molecule has 1 atom stereocenters. The normalized spacial score (nSPS) is 12.5. The predicted octanol–water partition coefficient (Wildman–Crippen LogP) is 6.12. The lowest BCUT2D eigenvalue weighted by Crippen LogP contribution is -2.31. The Hall–Kier alpha value is -4.37. The van der Waals surface area contributed by atoms with Crippen molar-refractivity contribution >= 4 is 0 Å². The number of aromatic nitrogens is 5. The minimum absolute atomic E-state index is 0.486. The monoisotopic (exact) mass is 528 g/mol. The number of aryl methyl sites for hydroxylation is 2. The van der Waals surface area contributed by atoms with Gasteiger partial charge < -0.3 is 0 Å². The van der Waals surface area contributed by atoms with Gasteiger partial charge in [-0.25, -0.2) is 4.68 Å². The molecule has 0 aliphatic heterocycles. The van der Waals surface area contributed by atoms with E-state index in [2.05, 4.69) is 25.4 Å². The van der Waals surface area contributed by atoms with Crippen molar-refractivity contribution in [2.24, 2.45) is 0 Å². The van der Waals surface area contributed by atoms with Crippen LogP contribution in [0.4, 0.5) is 13.2 Å². The fourth-order valence-corrected chi connectivity index (χ4v) is 4.61. The van der Waals surface area contributed by atoms with Crippen LogP contribution >= 0.6 is 0 Å². The highest BCUT2D eigenvalue weighted by Crippen LogP contribution is 2.34. The molecule has 2 aromatic heterocycles. The van der Waals surface area contributed by atoms with Crippen LogP contribution in [0.2, 0.25) is 0 Å². The van der Waals surface area contributed by atoms with Gasteiger partial charge in [0.05, 0.1) is 11.6 Å². The average molecular weight is 529 g/mol. The van der Waals surface area contributed by atoms with Crippen LogP contribution in [-0.2, 0) is 32.2 Å². The molecule has 5 aromatic rings. The second kappa shape index (κ2) is 12.0. The van der Waals surface area contributed by atoms with E-state index in [0.29, 0.717) is 37.4 Å². The van der Waals surface area contributed by atoms with Crippen molar-refractivity contribution in [3.63, 3.8) is 0 Å². The summed E-state index contributed by atoms with van der Waals surface area (Å²) in [6.45, 7) is 1.53. The van der Waals surface area contributed by atoms with Crippen LogP contribution < -0.4 is 0 Å². The summed E-state index contributed by atoms with van der Waals surface area (Å²) in [5.41, 5.74) is 3.13. The van der Waals surface area contributed by atoms with Gasteiger partial charge in [-0.05, 0) is 57.3 Å². The Morgan fingerprint density at radius 2 is 1.38 bits per heavy atom. The van der Waals surface area contributed by atoms with Gasteiger partial charge in [-0.15, -0.1) is 5.10 Å². The van der Waals surface area contributed by atoms with E-state index in [1.165, 1.54) is 12.1 Å². The van der Waals surface area contributed by atoms with Crippen LogP contribution in [0.5, 0.6) is 0 Å². The Morgan fingerprint density at radius 3 is 2.03 bits per heavy atom. The summed E-state index contributed by atoms with van der Waals surface area (Å²) in [5.74, 6) is 0.561.